The highest BCUT2D eigenvalue weighted by atomic mass is 35.5. The highest BCUT2D eigenvalue weighted by molar-refractivity contribution is 6.29. The van der Waals surface area contributed by atoms with Gasteiger partial charge in [0.2, 0.25) is 0 Å². The Morgan fingerprint density at radius 2 is 2.06 bits per heavy atom. The number of aromatic nitrogens is 1. The minimum absolute atomic E-state index is 0.469. The van der Waals surface area contributed by atoms with E-state index in [9.17, 15) is 0 Å². The standard InChI is InChI=1S/C13H13ClN2O/c14-13-7-11(4-5-16-13)9-17-12-3-1-2-10(6-12)8-15/h1-7H,8-9,15H2. The van der Waals surface area contributed by atoms with Crippen LogP contribution in [0, 0.1) is 0 Å². The van der Waals surface area contributed by atoms with Crippen LogP contribution in [0.25, 0.3) is 0 Å². The van der Waals surface area contributed by atoms with Crippen LogP contribution in [-0.4, -0.2) is 4.98 Å². The maximum Gasteiger partial charge on any atom is 0.129 e. The monoisotopic (exact) mass is 248 g/mol. The molecule has 2 rings (SSSR count). The number of nitrogens with zero attached hydrogens (tertiary/aromatic N) is 1. The van der Waals surface area contributed by atoms with Crippen molar-refractivity contribution in [3.05, 3.63) is 58.9 Å². The third-order valence-corrected chi connectivity index (χ3v) is 2.54. The summed E-state index contributed by atoms with van der Waals surface area (Å²) in [5.41, 5.74) is 7.60. The normalized spacial score (nSPS) is 10.2. The second-order valence-corrected chi connectivity index (χ2v) is 4.01. The van der Waals surface area contributed by atoms with Crippen molar-refractivity contribution >= 4 is 11.6 Å². The van der Waals surface area contributed by atoms with Gasteiger partial charge in [-0.3, -0.25) is 0 Å². The number of hydrogen-bond donors (Lipinski definition) is 1. The Bertz CT molecular complexity index is 502. The second kappa shape index (κ2) is 5.66. The summed E-state index contributed by atoms with van der Waals surface area (Å²) in [6.45, 7) is 0.981. The van der Waals surface area contributed by atoms with Crippen molar-refractivity contribution < 1.29 is 4.74 Å². The van der Waals surface area contributed by atoms with E-state index in [1.807, 2.05) is 30.3 Å². The maximum absolute atomic E-state index is 5.79. The van der Waals surface area contributed by atoms with Gasteiger partial charge in [-0.05, 0) is 35.4 Å². The number of nitrogens with two attached hydrogens (primary N) is 1. The van der Waals surface area contributed by atoms with E-state index in [2.05, 4.69) is 4.98 Å². The first-order valence-corrected chi connectivity index (χ1v) is 5.68. The molecule has 0 aliphatic heterocycles. The van der Waals surface area contributed by atoms with E-state index >= 15 is 0 Å². The molecule has 0 fully saturated rings. The summed E-state index contributed by atoms with van der Waals surface area (Å²) in [4.78, 5) is 3.92. The molecule has 88 valence electrons. The van der Waals surface area contributed by atoms with Gasteiger partial charge in [-0.25, -0.2) is 4.98 Å². The molecule has 1 aromatic carbocycles. The summed E-state index contributed by atoms with van der Waals surface area (Å²) in [7, 11) is 0. The lowest BCUT2D eigenvalue weighted by Crippen LogP contribution is -1.99. The van der Waals surface area contributed by atoms with Gasteiger partial charge < -0.3 is 10.5 Å². The molecule has 17 heavy (non-hydrogen) atoms. The summed E-state index contributed by atoms with van der Waals surface area (Å²) >= 11 is 5.79. The molecule has 1 heterocycles. The molecular formula is C13H13ClN2O. The molecule has 0 unspecified atom stereocenters. The molecule has 0 atom stereocenters. The van der Waals surface area contributed by atoms with Crippen molar-refractivity contribution in [2.75, 3.05) is 0 Å². The maximum atomic E-state index is 5.79. The molecule has 0 bridgehead atoms. The van der Waals surface area contributed by atoms with E-state index in [1.165, 1.54) is 0 Å². The lowest BCUT2D eigenvalue weighted by atomic mass is 10.2. The molecule has 2 N–H and O–H groups in total. The smallest absolute Gasteiger partial charge is 0.129 e. The van der Waals surface area contributed by atoms with Crippen LogP contribution >= 0.6 is 11.6 Å². The molecule has 0 saturated carbocycles. The number of rotatable bonds is 4. The summed E-state index contributed by atoms with van der Waals surface area (Å²) < 4.78 is 5.65. The highest BCUT2D eigenvalue weighted by Gasteiger charge is 1.98. The van der Waals surface area contributed by atoms with Crippen LogP contribution in [-0.2, 0) is 13.2 Å². The molecule has 0 aliphatic rings. The van der Waals surface area contributed by atoms with Crippen LogP contribution in [0.2, 0.25) is 5.15 Å². The quantitative estimate of drug-likeness (QED) is 0.847. The fourth-order valence-electron chi connectivity index (χ4n) is 1.46. The largest absolute Gasteiger partial charge is 0.489 e. The molecule has 3 nitrogen and oxygen atoms in total. The Balaban J connectivity index is 2.02. The van der Waals surface area contributed by atoms with Crippen LogP contribution in [0.5, 0.6) is 5.75 Å². The molecule has 0 amide bonds. The van der Waals surface area contributed by atoms with Crippen LogP contribution in [0.15, 0.2) is 42.6 Å². The molecule has 2 aromatic rings. The van der Waals surface area contributed by atoms with Gasteiger partial charge in [-0.2, -0.15) is 0 Å². The predicted octanol–water partition coefficient (Wildman–Crippen LogP) is 2.77. The SMILES string of the molecule is NCc1cccc(OCc2ccnc(Cl)c2)c1. The lowest BCUT2D eigenvalue weighted by molar-refractivity contribution is 0.306. The van der Waals surface area contributed by atoms with E-state index < -0.39 is 0 Å². The van der Waals surface area contributed by atoms with Crippen molar-refractivity contribution in [3.8, 4) is 5.75 Å². The van der Waals surface area contributed by atoms with Gasteiger partial charge >= 0.3 is 0 Å². The Morgan fingerprint density at radius 3 is 2.82 bits per heavy atom. The zero-order valence-electron chi connectivity index (χ0n) is 9.27. The van der Waals surface area contributed by atoms with Gasteiger partial charge in [0.1, 0.15) is 17.5 Å². The molecule has 0 spiro atoms. The van der Waals surface area contributed by atoms with Crippen LogP contribution in [0.3, 0.4) is 0 Å². The van der Waals surface area contributed by atoms with Crippen molar-refractivity contribution in [2.45, 2.75) is 13.2 Å². The minimum Gasteiger partial charge on any atom is -0.489 e. The number of pyridine rings is 1. The number of hydrogen-bond acceptors (Lipinski definition) is 3. The van der Waals surface area contributed by atoms with E-state index in [1.54, 1.807) is 12.3 Å². The van der Waals surface area contributed by atoms with Crippen molar-refractivity contribution in [3.63, 3.8) is 0 Å². The molecule has 1 aromatic heterocycles. The number of halogens is 1. The van der Waals surface area contributed by atoms with Gasteiger partial charge in [0.25, 0.3) is 0 Å². The molecule has 0 aliphatic carbocycles. The molecular weight excluding hydrogens is 236 g/mol. The van der Waals surface area contributed by atoms with Crippen LogP contribution in [0.1, 0.15) is 11.1 Å². The van der Waals surface area contributed by atoms with Crippen LogP contribution < -0.4 is 10.5 Å². The summed E-state index contributed by atoms with van der Waals surface area (Å²) in [5.74, 6) is 0.806. The Kier molecular flexibility index (Phi) is 3.96. The van der Waals surface area contributed by atoms with Gasteiger partial charge in [0.15, 0.2) is 0 Å². The summed E-state index contributed by atoms with van der Waals surface area (Å²) in [5, 5.41) is 0.474. The van der Waals surface area contributed by atoms with E-state index in [0.29, 0.717) is 18.3 Å². The first-order valence-electron chi connectivity index (χ1n) is 5.30. The first kappa shape index (κ1) is 11.9. The van der Waals surface area contributed by atoms with E-state index in [0.717, 1.165) is 16.9 Å². The third kappa shape index (κ3) is 3.44. The molecule has 0 saturated heterocycles. The summed E-state index contributed by atoms with van der Waals surface area (Å²) in [6.07, 6.45) is 1.66. The van der Waals surface area contributed by atoms with E-state index in [4.69, 9.17) is 22.1 Å². The summed E-state index contributed by atoms with van der Waals surface area (Å²) in [6, 6.07) is 11.4. The van der Waals surface area contributed by atoms with Gasteiger partial charge in [-0.1, -0.05) is 23.7 Å². The molecule has 4 heteroatoms. The fraction of sp³-hybridized carbons (Fsp3) is 0.154. The lowest BCUT2D eigenvalue weighted by Gasteiger charge is -2.07. The van der Waals surface area contributed by atoms with Gasteiger partial charge in [0.05, 0.1) is 0 Å². The first-order chi connectivity index (χ1) is 8.28. The average Bonchev–Trinajstić information content (AvgIpc) is 2.37. The third-order valence-electron chi connectivity index (χ3n) is 2.33. The highest BCUT2D eigenvalue weighted by Crippen LogP contribution is 2.15. The average molecular weight is 249 g/mol. The Hall–Kier alpha value is -1.58. The second-order valence-electron chi connectivity index (χ2n) is 3.63. The van der Waals surface area contributed by atoms with Gasteiger partial charge in [-0.15, -0.1) is 0 Å². The topological polar surface area (TPSA) is 48.1 Å². The predicted molar refractivity (Wildman–Crippen MR) is 67.9 cm³/mol. The van der Waals surface area contributed by atoms with Crippen molar-refractivity contribution in [1.82, 2.24) is 4.98 Å². The Labute approximate surface area is 105 Å². The zero-order valence-corrected chi connectivity index (χ0v) is 10.0. The van der Waals surface area contributed by atoms with Gasteiger partial charge in [0, 0.05) is 12.7 Å². The van der Waals surface area contributed by atoms with Crippen molar-refractivity contribution in [2.24, 2.45) is 5.73 Å². The number of ether oxygens (including phenoxy) is 1. The zero-order chi connectivity index (χ0) is 12.1. The van der Waals surface area contributed by atoms with Crippen LogP contribution in [0.4, 0.5) is 0 Å². The minimum atomic E-state index is 0.469. The Morgan fingerprint density at radius 1 is 1.18 bits per heavy atom. The molecule has 0 radical (unpaired) electrons. The fourth-order valence-corrected chi connectivity index (χ4v) is 1.66. The van der Waals surface area contributed by atoms with Crippen molar-refractivity contribution in [1.29, 1.82) is 0 Å². The van der Waals surface area contributed by atoms with E-state index in [-0.39, 0.29) is 0 Å². The number of benzene rings is 1.